The minimum atomic E-state index is 0.318. The average Bonchev–Trinajstić information content (AvgIpc) is 2.78. The molecule has 18 heavy (non-hydrogen) atoms. The SMILES string of the molecule is CC(C)n1nccc1Nc1ccc(C(N)=S)cc1. The van der Waals surface area contributed by atoms with Crippen molar-refractivity contribution < 1.29 is 0 Å². The van der Waals surface area contributed by atoms with Crippen molar-refractivity contribution >= 4 is 28.7 Å². The van der Waals surface area contributed by atoms with Crippen molar-refractivity contribution in [3.05, 3.63) is 42.1 Å². The highest BCUT2D eigenvalue weighted by molar-refractivity contribution is 7.80. The fourth-order valence-corrected chi connectivity index (χ4v) is 1.83. The lowest BCUT2D eigenvalue weighted by atomic mass is 10.2. The van der Waals surface area contributed by atoms with E-state index in [4.69, 9.17) is 18.0 Å². The fourth-order valence-electron chi connectivity index (χ4n) is 1.69. The maximum Gasteiger partial charge on any atom is 0.128 e. The Kier molecular flexibility index (Phi) is 3.62. The smallest absolute Gasteiger partial charge is 0.128 e. The maximum atomic E-state index is 5.56. The highest BCUT2D eigenvalue weighted by atomic mass is 32.1. The van der Waals surface area contributed by atoms with Gasteiger partial charge in [0.2, 0.25) is 0 Å². The first-order chi connectivity index (χ1) is 8.58. The third-order valence-corrected chi connectivity index (χ3v) is 2.84. The lowest BCUT2D eigenvalue weighted by Gasteiger charge is -2.12. The van der Waals surface area contributed by atoms with Crippen molar-refractivity contribution in [2.24, 2.45) is 5.73 Å². The molecule has 0 bridgehead atoms. The fraction of sp³-hybridized carbons (Fsp3) is 0.231. The van der Waals surface area contributed by atoms with Gasteiger partial charge in [0.15, 0.2) is 0 Å². The van der Waals surface area contributed by atoms with Gasteiger partial charge in [0.1, 0.15) is 10.8 Å². The first-order valence-electron chi connectivity index (χ1n) is 5.78. The first-order valence-corrected chi connectivity index (χ1v) is 6.19. The van der Waals surface area contributed by atoms with Gasteiger partial charge in [-0.25, -0.2) is 4.68 Å². The van der Waals surface area contributed by atoms with Crippen molar-refractivity contribution in [3.63, 3.8) is 0 Å². The van der Waals surface area contributed by atoms with E-state index in [-0.39, 0.29) is 0 Å². The number of benzene rings is 1. The van der Waals surface area contributed by atoms with Crippen LogP contribution >= 0.6 is 12.2 Å². The van der Waals surface area contributed by atoms with E-state index in [1.807, 2.05) is 35.0 Å². The van der Waals surface area contributed by atoms with Crippen LogP contribution in [0.1, 0.15) is 25.5 Å². The molecule has 0 aliphatic rings. The van der Waals surface area contributed by atoms with Crippen LogP contribution in [0.5, 0.6) is 0 Å². The molecule has 0 saturated heterocycles. The second-order valence-electron chi connectivity index (χ2n) is 4.32. The lowest BCUT2D eigenvalue weighted by Crippen LogP contribution is -2.09. The van der Waals surface area contributed by atoms with Crippen molar-refractivity contribution in [2.75, 3.05) is 5.32 Å². The summed E-state index contributed by atoms with van der Waals surface area (Å²) in [6, 6.07) is 9.97. The molecule has 0 spiro atoms. The van der Waals surface area contributed by atoms with Crippen LogP contribution in [-0.4, -0.2) is 14.8 Å². The number of nitrogens with one attached hydrogen (secondary N) is 1. The van der Waals surface area contributed by atoms with E-state index in [0.717, 1.165) is 17.1 Å². The van der Waals surface area contributed by atoms with Gasteiger partial charge in [-0.15, -0.1) is 0 Å². The average molecular weight is 260 g/mol. The van der Waals surface area contributed by atoms with Crippen LogP contribution in [0.2, 0.25) is 0 Å². The number of hydrogen-bond acceptors (Lipinski definition) is 3. The normalized spacial score (nSPS) is 10.6. The van der Waals surface area contributed by atoms with Crippen LogP contribution in [0.25, 0.3) is 0 Å². The summed E-state index contributed by atoms with van der Waals surface area (Å²) in [7, 11) is 0. The van der Waals surface area contributed by atoms with Gasteiger partial charge in [-0.2, -0.15) is 5.10 Å². The van der Waals surface area contributed by atoms with Gasteiger partial charge in [0.05, 0.1) is 6.20 Å². The molecule has 5 heteroatoms. The molecule has 0 unspecified atom stereocenters. The maximum absolute atomic E-state index is 5.56. The molecule has 4 nitrogen and oxygen atoms in total. The molecular weight excluding hydrogens is 244 g/mol. The van der Waals surface area contributed by atoms with Gasteiger partial charge < -0.3 is 11.1 Å². The topological polar surface area (TPSA) is 55.9 Å². The van der Waals surface area contributed by atoms with E-state index in [0.29, 0.717) is 11.0 Å². The number of nitrogens with two attached hydrogens (primary N) is 1. The Bertz CT molecular complexity index is 542. The monoisotopic (exact) mass is 260 g/mol. The third kappa shape index (κ3) is 2.68. The molecule has 0 radical (unpaired) electrons. The molecule has 0 saturated carbocycles. The van der Waals surface area contributed by atoms with E-state index < -0.39 is 0 Å². The number of hydrogen-bond donors (Lipinski definition) is 2. The van der Waals surface area contributed by atoms with Crippen molar-refractivity contribution in [2.45, 2.75) is 19.9 Å². The number of thiocarbonyl (C=S) groups is 1. The van der Waals surface area contributed by atoms with Gasteiger partial charge in [0.25, 0.3) is 0 Å². The zero-order chi connectivity index (χ0) is 13.1. The van der Waals surface area contributed by atoms with Gasteiger partial charge in [-0.05, 0) is 38.1 Å². The van der Waals surface area contributed by atoms with E-state index in [2.05, 4.69) is 24.3 Å². The number of anilines is 2. The Balaban J connectivity index is 2.18. The molecule has 3 N–H and O–H groups in total. The molecule has 0 fully saturated rings. The van der Waals surface area contributed by atoms with E-state index in [1.165, 1.54) is 0 Å². The quantitative estimate of drug-likeness (QED) is 0.830. The van der Waals surface area contributed by atoms with Crippen LogP contribution in [-0.2, 0) is 0 Å². The summed E-state index contributed by atoms with van der Waals surface area (Å²) >= 11 is 4.92. The first kappa shape index (κ1) is 12.6. The van der Waals surface area contributed by atoms with Crippen molar-refractivity contribution in [1.82, 2.24) is 9.78 Å². The second-order valence-corrected chi connectivity index (χ2v) is 4.76. The van der Waals surface area contributed by atoms with Crippen LogP contribution in [0.3, 0.4) is 0 Å². The minimum absolute atomic E-state index is 0.318. The number of aromatic nitrogens is 2. The third-order valence-electron chi connectivity index (χ3n) is 2.60. The second kappa shape index (κ2) is 5.18. The largest absolute Gasteiger partial charge is 0.389 e. The molecule has 94 valence electrons. The highest BCUT2D eigenvalue weighted by Gasteiger charge is 2.05. The predicted octanol–water partition coefficient (Wildman–Crippen LogP) is 2.84. The summed E-state index contributed by atoms with van der Waals surface area (Å²) in [5.41, 5.74) is 7.41. The van der Waals surface area contributed by atoms with Crippen LogP contribution in [0, 0.1) is 0 Å². The van der Waals surface area contributed by atoms with Crippen LogP contribution in [0.15, 0.2) is 36.5 Å². The summed E-state index contributed by atoms with van der Waals surface area (Å²) < 4.78 is 1.93. The Hall–Kier alpha value is -1.88. The molecule has 1 heterocycles. The van der Waals surface area contributed by atoms with E-state index in [9.17, 15) is 0 Å². The number of rotatable bonds is 4. The standard InChI is InChI=1S/C13H16N4S/c1-9(2)17-12(7-8-15-17)16-11-5-3-10(4-6-11)13(14)18/h3-9,16H,1-2H3,(H2,14,18). The Morgan fingerprint density at radius 3 is 2.50 bits per heavy atom. The summed E-state index contributed by atoms with van der Waals surface area (Å²) in [6.07, 6.45) is 1.78. The lowest BCUT2D eigenvalue weighted by molar-refractivity contribution is 0.540. The van der Waals surface area contributed by atoms with Crippen LogP contribution < -0.4 is 11.1 Å². The van der Waals surface area contributed by atoms with Gasteiger partial charge in [-0.3, -0.25) is 0 Å². The molecular formula is C13H16N4S. The number of nitrogens with zero attached hydrogens (tertiary/aromatic N) is 2. The van der Waals surface area contributed by atoms with Crippen LogP contribution in [0.4, 0.5) is 11.5 Å². The highest BCUT2D eigenvalue weighted by Crippen LogP contribution is 2.19. The predicted molar refractivity (Wildman–Crippen MR) is 78.2 cm³/mol. The summed E-state index contributed by atoms with van der Waals surface area (Å²) in [6.45, 7) is 4.18. The van der Waals surface area contributed by atoms with E-state index >= 15 is 0 Å². The van der Waals surface area contributed by atoms with Gasteiger partial charge in [0, 0.05) is 23.4 Å². The molecule has 0 aliphatic carbocycles. The van der Waals surface area contributed by atoms with E-state index in [1.54, 1.807) is 6.20 Å². The van der Waals surface area contributed by atoms with Crippen molar-refractivity contribution in [1.29, 1.82) is 0 Å². The molecule has 2 rings (SSSR count). The minimum Gasteiger partial charge on any atom is -0.389 e. The molecule has 0 aliphatic heterocycles. The molecule has 1 aromatic carbocycles. The molecule has 2 aromatic rings. The summed E-state index contributed by atoms with van der Waals surface area (Å²) in [5.74, 6) is 0.966. The van der Waals surface area contributed by atoms with Crippen molar-refractivity contribution in [3.8, 4) is 0 Å². The Labute approximate surface area is 112 Å². The Morgan fingerprint density at radius 1 is 1.28 bits per heavy atom. The summed E-state index contributed by atoms with van der Waals surface area (Å²) in [5, 5.41) is 7.59. The van der Waals surface area contributed by atoms with Gasteiger partial charge in [-0.1, -0.05) is 12.2 Å². The zero-order valence-corrected chi connectivity index (χ0v) is 11.2. The molecule has 0 atom stereocenters. The Morgan fingerprint density at radius 2 is 1.94 bits per heavy atom. The molecule has 1 aromatic heterocycles. The van der Waals surface area contributed by atoms with Gasteiger partial charge >= 0.3 is 0 Å². The summed E-state index contributed by atoms with van der Waals surface area (Å²) in [4.78, 5) is 0.411. The molecule has 0 amide bonds. The zero-order valence-electron chi connectivity index (χ0n) is 10.4.